The zero-order chi connectivity index (χ0) is 54.3. The Morgan fingerprint density at radius 1 is 0.429 bits per heavy atom. The van der Waals surface area contributed by atoms with Crippen LogP contribution in [-0.2, 0) is 43.3 Å². The molecular weight excluding hydrogens is 932 g/mol. The molecule has 0 radical (unpaired) electrons. The van der Waals surface area contributed by atoms with Gasteiger partial charge in [0.2, 0.25) is 0 Å². The van der Waals surface area contributed by atoms with E-state index in [0.29, 0.717) is 0 Å². The number of fused-ring (bicyclic) bond motifs is 14. The Hall–Kier alpha value is -6.00. The van der Waals surface area contributed by atoms with E-state index < -0.39 is 0 Å². The molecule has 0 amide bonds. The lowest BCUT2D eigenvalue weighted by molar-refractivity contribution is 0.331. The summed E-state index contributed by atoms with van der Waals surface area (Å²) in [5, 5.41) is 2.34. The van der Waals surface area contributed by atoms with Crippen molar-refractivity contribution in [3.63, 3.8) is 0 Å². The largest absolute Gasteiger partial charge is 0.455 e. The molecule has 0 atom stereocenters. The summed E-state index contributed by atoms with van der Waals surface area (Å²) in [6.07, 6.45) is 7.04. The van der Waals surface area contributed by atoms with Crippen LogP contribution in [-0.4, -0.2) is 6.85 Å². The smallest absolute Gasteiger partial charge is 0.333 e. The molecule has 4 heteroatoms. The summed E-state index contributed by atoms with van der Waals surface area (Å²) >= 11 is 0. The Balaban J connectivity index is 1.15. The second-order valence-corrected chi connectivity index (χ2v) is 30.5. The molecule has 77 heavy (non-hydrogen) atoms. The summed E-state index contributed by atoms with van der Waals surface area (Å²) in [5.74, 6) is 0. The number of rotatable bonds is 2. The lowest BCUT2D eigenvalue weighted by atomic mass is 9.42. The van der Waals surface area contributed by atoms with Gasteiger partial charge in [0.25, 0.3) is 0 Å². The van der Waals surface area contributed by atoms with Crippen molar-refractivity contribution in [3.05, 3.63) is 159 Å². The molecule has 0 spiro atoms. The van der Waals surface area contributed by atoms with Gasteiger partial charge in [-0.25, -0.2) is 0 Å². The minimum atomic E-state index is -0.226. The van der Waals surface area contributed by atoms with Crippen molar-refractivity contribution in [2.45, 2.75) is 200 Å². The summed E-state index contributed by atoms with van der Waals surface area (Å²) in [6.45, 7) is 41.6. The van der Waals surface area contributed by atoms with Crippen LogP contribution in [0.4, 0.5) is 28.4 Å². The van der Waals surface area contributed by atoms with E-state index in [1.807, 2.05) is 0 Å². The van der Waals surface area contributed by atoms with Crippen molar-refractivity contribution >= 4 is 68.1 Å². The number of furan rings is 1. The van der Waals surface area contributed by atoms with E-state index in [-0.39, 0.29) is 50.2 Å². The van der Waals surface area contributed by atoms with Gasteiger partial charge in [-0.05, 0) is 209 Å². The molecule has 1 aromatic heterocycles. The Labute approximate surface area is 461 Å². The van der Waals surface area contributed by atoms with Gasteiger partial charge in [-0.2, -0.15) is 0 Å². The van der Waals surface area contributed by atoms with Gasteiger partial charge >= 0.3 is 6.85 Å². The van der Waals surface area contributed by atoms with E-state index in [4.69, 9.17) is 4.42 Å². The molecule has 14 rings (SSSR count). The van der Waals surface area contributed by atoms with Gasteiger partial charge in [-0.15, -0.1) is 0 Å². The third kappa shape index (κ3) is 6.75. The Morgan fingerprint density at radius 3 is 1.56 bits per heavy atom. The fraction of sp³-hybridized carbons (Fsp3) is 0.425. The van der Waals surface area contributed by atoms with Crippen LogP contribution in [0.3, 0.4) is 0 Å². The minimum Gasteiger partial charge on any atom is -0.455 e. The molecule has 7 aromatic carbocycles. The maximum atomic E-state index is 7.40. The van der Waals surface area contributed by atoms with Gasteiger partial charge in [0, 0.05) is 55.8 Å². The Bertz CT molecular complexity index is 3900. The van der Waals surface area contributed by atoms with E-state index >= 15 is 0 Å². The van der Waals surface area contributed by atoms with Crippen molar-refractivity contribution < 1.29 is 4.42 Å². The topological polar surface area (TPSA) is 19.6 Å². The van der Waals surface area contributed by atoms with Crippen molar-refractivity contribution in [1.29, 1.82) is 0 Å². The van der Waals surface area contributed by atoms with Crippen LogP contribution in [0.5, 0.6) is 0 Å². The average Bonchev–Trinajstić information content (AvgIpc) is 3.40. The average molecular weight is 1010 g/mol. The first-order chi connectivity index (χ1) is 36.0. The van der Waals surface area contributed by atoms with E-state index in [1.54, 1.807) is 0 Å². The number of para-hydroxylation sites is 1. The van der Waals surface area contributed by atoms with Crippen LogP contribution in [0, 0.1) is 0 Å². The normalized spacial score (nSPS) is 20.9. The van der Waals surface area contributed by atoms with Crippen LogP contribution in [0.25, 0.3) is 44.2 Å². The lowest BCUT2D eigenvalue weighted by Crippen LogP contribution is -2.62. The highest BCUT2D eigenvalue weighted by Gasteiger charge is 2.51. The summed E-state index contributed by atoms with van der Waals surface area (Å²) in [4.78, 5) is 5.50. The molecule has 6 aliphatic rings. The molecule has 0 saturated heterocycles. The molecular formula is C73H81BN2O. The molecule has 8 aromatic rings. The number of anilines is 5. The van der Waals surface area contributed by atoms with Crippen molar-refractivity contribution in [2.75, 3.05) is 9.71 Å². The highest BCUT2D eigenvalue weighted by atomic mass is 16.3. The molecule has 0 saturated carbocycles. The van der Waals surface area contributed by atoms with Gasteiger partial charge < -0.3 is 14.1 Å². The zero-order valence-corrected chi connectivity index (χ0v) is 49.5. The summed E-state index contributed by atoms with van der Waals surface area (Å²) in [6, 6.07) is 44.5. The van der Waals surface area contributed by atoms with Crippen LogP contribution in [0.1, 0.15) is 206 Å². The third-order valence-corrected chi connectivity index (χ3v) is 21.4. The molecule has 0 bridgehead atoms. The molecule has 0 fully saturated rings. The third-order valence-electron chi connectivity index (χ3n) is 21.4. The molecule has 0 unspecified atom stereocenters. The fourth-order valence-corrected chi connectivity index (χ4v) is 15.9. The van der Waals surface area contributed by atoms with Gasteiger partial charge in [0.05, 0.1) is 0 Å². The van der Waals surface area contributed by atoms with Crippen molar-refractivity contribution in [1.82, 2.24) is 0 Å². The number of hydrogen-bond donors (Lipinski definition) is 0. The lowest BCUT2D eigenvalue weighted by Gasteiger charge is -2.49. The number of benzene rings is 7. The van der Waals surface area contributed by atoms with Crippen LogP contribution < -0.4 is 20.6 Å². The van der Waals surface area contributed by atoms with Gasteiger partial charge in [-0.1, -0.05) is 166 Å². The molecule has 0 N–H and O–H groups in total. The first kappa shape index (κ1) is 49.3. The maximum Gasteiger partial charge on any atom is 0.333 e. The first-order valence-electron chi connectivity index (χ1n) is 29.4. The first-order valence-corrected chi connectivity index (χ1v) is 29.4. The zero-order valence-electron chi connectivity index (χ0n) is 49.5. The molecule has 2 aliphatic heterocycles. The predicted octanol–water partition coefficient (Wildman–Crippen LogP) is 18.9. The second-order valence-electron chi connectivity index (χ2n) is 30.5. The highest BCUT2D eigenvalue weighted by Crippen LogP contribution is 2.60. The SMILES string of the molecule is CC(C)(C)c1ccc(N2B3c4cc5c(cc4N(c4ccc6c(c4)C(C)(C)CCC6(C)C)c4cc6c(oc7ccccc76)c(c43)-c3cc4c(cc32)C(C)(C)c2cc3c(cc2-4)C(C)(C)CCC3(C)C)C(C)(C)CCC5(C)C)cc1. The fourth-order valence-electron chi connectivity index (χ4n) is 15.9. The summed E-state index contributed by atoms with van der Waals surface area (Å²) in [7, 11) is 0. The Morgan fingerprint density at radius 2 is 0.935 bits per heavy atom. The molecule has 3 heterocycles. The van der Waals surface area contributed by atoms with Crippen LogP contribution in [0.2, 0.25) is 0 Å². The van der Waals surface area contributed by atoms with E-state index in [9.17, 15) is 0 Å². The maximum absolute atomic E-state index is 7.40. The molecule has 3 nitrogen and oxygen atoms in total. The van der Waals surface area contributed by atoms with Gasteiger partial charge in [0.15, 0.2) is 0 Å². The second kappa shape index (κ2) is 15.2. The number of hydrogen-bond acceptors (Lipinski definition) is 3. The molecule has 392 valence electrons. The quantitative estimate of drug-likeness (QED) is 0.161. The summed E-state index contributed by atoms with van der Waals surface area (Å²) < 4.78 is 7.40. The predicted molar refractivity (Wildman–Crippen MR) is 330 cm³/mol. The summed E-state index contributed by atoms with van der Waals surface area (Å²) in [5.41, 5.74) is 29.4. The van der Waals surface area contributed by atoms with E-state index in [1.165, 1.54) is 136 Å². The monoisotopic (exact) mass is 1010 g/mol. The van der Waals surface area contributed by atoms with Gasteiger partial charge in [-0.3, -0.25) is 0 Å². The Kier molecular flexibility index (Phi) is 9.75. The van der Waals surface area contributed by atoms with Crippen molar-refractivity contribution in [2.24, 2.45) is 0 Å². The van der Waals surface area contributed by atoms with Gasteiger partial charge in [0.1, 0.15) is 11.2 Å². The standard InChI is InChI=1S/C73H81BN2O/c1-66(2,3)42-22-24-43(25-23-42)76-59-40-52-46(47-36-54-55(38-51(47)73(52,16)17)70(10,11)31-30-69(54,8)9)35-49(59)63-64-61(37-48-45-20-18-19-21-62(45)77-65(48)63)75(44-26-27-50-53(34-44)68(6,7)29-28-67(50,4)5)60-41-57-56(39-58(60)74(64)76)71(12,13)32-33-72(57,14)15/h18-27,34-41H,28-33H2,1-17H3. The van der Waals surface area contributed by atoms with Crippen LogP contribution in [0.15, 0.2) is 114 Å². The van der Waals surface area contributed by atoms with Crippen LogP contribution >= 0.6 is 0 Å². The minimum absolute atomic E-state index is 0.00260. The number of nitrogens with zero attached hydrogens (tertiary/aromatic N) is 2. The van der Waals surface area contributed by atoms with E-state index in [0.717, 1.165) is 35.8 Å². The molecule has 4 aliphatic carbocycles. The highest BCUT2D eigenvalue weighted by molar-refractivity contribution is 6.94. The van der Waals surface area contributed by atoms with Crippen molar-refractivity contribution in [3.8, 4) is 22.3 Å². The van der Waals surface area contributed by atoms with E-state index in [2.05, 4.69) is 237 Å².